The number of aromatic nitrogens is 1. The molecule has 0 atom stereocenters. The molecule has 0 bridgehead atoms. The van der Waals surface area contributed by atoms with Gasteiger partial charge in [0.1, 0.15) is 11.6 Å². The van der Waals surface area contributed by atoms with Gasteiger partial charge in [0, 0.05) is 17.6 Å². The van der Waals surface area contributed by atoms with E-state index in [4.69, 9.17) is 27.9 Å². The van der Waals surface area contributed by atoms with Crippen LogP contribution in [0, 0.1) is 10.1 Å². The maximum Gasteiger partial charge on any atom is 0.331 e. The Balaban J connectivity index is 2.40. The highest BCUT2D eigenvalue weighted by atomic mass is 35.5. The van der Waals surface area contributed by atoms with Crippen LogP contribution >= 0.6 is 23.2 Å². The predicted molar refractivity (Wildman–Crippen MR) is 81.6 cm³/mol. The third-order valence-corrected chi connectivity index (χ3v) is 3.03. The van der Waals surface area contributed by atoms with Crippen LogP contribution in [0.3, 0.4) is 0 Å². The summed E-state index contributed by atoms with van der Waals surface area (Å²) in [5, 5.41) is 14.7. The molecule has 0 saturated heterocycles. The summed E-state index contributed by atoms with van der Waals surface area (Å²) in [6, 6.07) is 7.42. The van der Waals surface area contributed by atoms with Crippen molar-refractivity contribution in [3.05, 3.63) is 50.5 Å². The van der Waals surface area contributed by atoms with Crippen LogP contribution in [-0.2, 0) is 0 Å². The zero-order chi connectivity index (χ0) is 15.4. The van der Waals surface area contributed by atoms with Crippen LogP contribution in [0.2, 0.25) is 10.0 Å². The first-order chi connectivity index (χ1) is 10.0. The Hall–Kier alpha value is -2.05. The van der Waals surface area contributed by atoms with Gasteiger partial charge in [0.2, 0.25) is 0 Å². The van der Waals surface area contributed by atoms with Crippen molar-refractivity contribution < 1.29 is 9.66 Å². The SMILES string of the molecule is CCNc1ccc([N+](=O)[O-])c(Oc2ccc(Cl)cc2Cl)n1. The van der Waals surface area contributed by atoms with Crippen LogP contribution in [-0.4, -0.2) is 16.5 Å². The third kappa shape index (κ3) is 3.74. The lowest BCUT2D eigenvalue weighted by atomic mass is 10.3. The van der Waals surface area contributed by atoms with E-state index in [2.05, 4.69) is 10.3 Å². The van der Waals surface area contributed by atoms with Gasteiger partial charge in [0.15, 0.2) is 0 Å². The fourth-order valence-electron chi connectivity index (χ4n) is 1.59. The number of hydrogen-bond donors (Lipinski definition) is 1. The average molecular weight is 328 g/mol. The van der Waals surface area contributed by atoms with Gasteiger partial charge < -0.3 is 10.1 Å². The van der Waals surface area contributed by atoms with Gasteiger partial charge in [-0.3, -0.25) is 10.1 Å². The molecule has 0 spiro atoms. The van der Waals surface area contributed by atoms with Crippen LogP contribution in [0.4, 0.5) is 11.5 Å². The fourth-order valence-corrected chi connectivity index (χ4v) is 2.04. The lowest BCUT2D eigenvalue weighted by Crippen LogP contribution is -2.02. The molecule has 0 aliphatic heterocycles. The van der Waals surface area contributed by atoms with Gasteiger partial charge in [-0.15, -0.1) is 0 Å². The van der Waals surface area contributed by atoms with Crippen LogP contribution in [0.5, 0.6) is 11.6 Å². The molecule has 0 amide bonds. The van der Waals surface area contributed by atoms with Crippen molar-refractivity contribution in [3.8, 4) is 11.6 Å². The summed E-state index contributed by atoms with van der Waals surface area (Å²) in [4.78, 5) is 14.5. The lowest BCUT2D eigenvalue weighted by Gasteiger charge is -2.09. The number of nitro groups is 1. The quantitative estimate of drug-likeness (QED) is 0.645. The molecule has 0 aliphatic rings. The molecular formula is C13H11Cl2N3O3. The standard InChI is InChI=1S/C13H11Cl2N3O3/c1-2-16-12-6-4-10(18(19)20)13(17-12)21-11-5-3-8(14)7-9(11)15/h3-7H,2H2,1H3,(H,16,17). The van der Waals surface area contributed by atoms with E-state index in [1.165, 1.54) is 24.3 Å². The molecule has 1 aromatic carbocycles. The minimum Gasteiger partial charge on any atom is -0.432 e. The van der Waals surface area contributed by atoms with Gasteiger partial charge in [-0.1, -0.05) is 23.2 Å². The first-order valence-corrected chi connectivity index (χ1v) is 6.79. The molecule has 8 heteroatoms. The van der Waals surface area contributed by atoms with E-state index < -0.39 is 4.92 Å². The number of benzene rings is 1. The predicted octanol–water partition coefficient (Wildman–Crippen LogP) is 4.52. The van der Waals surface area contributed by atoms with Gasteiger partial charge in [0.25, 0.3) is 0 Å². The highest BCUT2D eigenvalue weighted by Gasteiger charge is 2.19. The molecule has 0 saturated carbocycles. The molecule has 2 rings (SSSR count). The molecule has 0 fully saturated rings. The molecule has 0 radical (unpaired) electrons. The van der Waals surface area contributed by atoms with Crippen molar-refractivity contribution in [1.82, 2.24) is 4.98 Å². The smallest absolute Gasteiger partial charge is 0.331 e. The maximum absolute atomic E-state index is 11.0. The van der Waals surface area contributed by atoms with Crippen LogP contribution < -0.4 is 10.1 Å². The molecule has 21 heavy (non-hydrogen) atoms. The number of pyridine rings is 1. The van der Waals surface area contributed by atoms with Crippen molar-refractivity contribution in [2.75, 3.05) is 11.9 Å². The second-order valence-corrected chi connectivity index (χ2v) is 4.83. The molecule has 0 aliphatic carbocycles. The van der Waals surface area contributed by atoms with Gasteiger partial charge in [-0.25, -0.2) is 0 Å². The summed E-state index contributed by atoms with van der Waals surface area (Å²) in [6.45, 7) is 2.52. The number of rotatable bonds is 5. The summed E-state index contributed by atoms with van der Waals surface area (Å²) in [7, 11) is 0. The first-order valence-electron chi connectivity index (χ1n) is 6.03. The van der Waals surface area contributed by atoms with E-state index in [9.17, 15) is 10.1 Å². The van der Waals surface area contributed by atoms with Crippen LogP contribution in [0.1, 0.15) is 6.92 Å². The average Bonchev–Trinajstić information content (AvgIpc) is 2.42. The second-order valence-electron chi connectivity index (χ2n) is 3.99. The molecule has 0 unspecified atom stereocenters. The Morgan fingerprint density at radius 1 is 1.33 bits per heavy atom. The Kier molecular flexibility index (Phi) is 4.82. The normalized spacial score (nSPS) is 10.2. The van der Waals surface area contributed by atoms with E-state index in [0.717, 1.165) is 0 Å². The Labute approximate surface area is 130 Å². The summed E-state index contributed by atoms with van der Waals surface area (Å²) >= 11 is 11.8. The topological polar surface area (TPSA) is 77.3 Å². The van der Waals surface area contributed by atoms with Crippen LogP contribution in [0.15, 0.2) is 30.3 Å². The lowest BCUT2D eigenvalue weighted by molar-refractivity contribution is -0.386. The zero-order valence-electron chi connectivity index (χ0n) is 11.0. The molecule has 1 N–H and O–H groups in total. The molecule has 110 valence electrons. The molecule has 6 nitrogen and oxygen atoms in total. The minimum atomic E-state index is -0.568. The van der Waals surface area contributed by atoms with E-state index >= 15 is 0 Å². The van der Waals surface area contributed by atoms with E-state index in [1.54, 1.807) is 6.07 Å². The second kappa shape index (κ2) is 6.60. The highest BCUT2D eigenvalue weighted by molar-refractivity contribution is 6.35. The van der Waals surface area contributed by atoms with Gasteiger partial charge >= 0.3 is 11.6 Å². The summed E-state index contributed by atoms with van der Waals surface area (Å²) in [5.74, 6) is 0.580. The highest BCUT2D eigenvalue weighted by Crippen LogP contribution is 2.35. The van der Waals surface area contributed by atoms with Crippen LogP contribution in [0.25, 0.3) is 0 Å². The summed E-state index contributed by atoms with van der Waals surface area (Å²) in [6.07, 6.45) is 0. The molecule has 1 heterocycles. The molecule has 1 aromatic heterocycles. The number of ether oxygens (including phenoxy) is 1. The number of anilines is 1. The number of halogens is 2. The van der Waals surface area contributed by atoms with Gasteiger partial charge in [-0.05, 0) is 31.2 Å². The van der Waals surface area contributed by atoms with Crippen molar-refractivity contribution in [1.29, 1.82) is 0 Å². The Morgan fingerprint density at radius 3 is 2.71 bits per heavy atom. The number of nitrogens with one attached hydrogen (secondary N) is 1. The van der Waals surface area contributed by atoms with Crippen molar-refractivity contribution in [2.45, 2.75) is 6.92 Å². The van der Waals surface area contributed by atoms with Crippen molar-refractivity contribution >= 4 is 34.7 Å². The van der Waals surface area contributed by atoms with E-state index in [-0.39, 0.29) is 22.3 Å². The van der Waals surface area contributed by atoms with Gasteiger partial charge in [0.05, 0.1) is 9.95 Å². The first kappa shape index (κ1) is 15.3. The summed E-state index contributed by atoms with van der Waals surface area (Å²) in [5.41, 5.74) is -0.248. The Morgan fingerprint density at radius 2 is 2.10 bits per heavy atom. The number of hydrogen-bond acceptors (Lipinski definition) is 5. The number of nitrogens with zero attached hydrogens (tertiary/aromatic N) is 2. The van der Waals surface area contributed by atoms with E-state index in [0.29, 0.717) is 17.4 Å². The van der Waals surface area contributed by atoms with Crippen molar-refractivity contribution in [3.63, 3.8) is 0 Å². The van der Waals surface area contributed by atoms with Crippen molar-refractivity contribution in [2.24, 2.45) is 0 Å². The monoisotopic (exact) mass is 327 g/mol. The van der Waals surface area contributed by atoms with E-state index in [1.807, 2.05) is 6.92 Å². The fraction of sp³-hybridized carbons (Fsp3) is 0.154. The van der Waals surface area contributed by atoms with Gasteiger partial charge in [-0.2, -0.15) is 4.98 Å². The maximum atomic E-state index is 11.0. The molecule has 2 aromatic rings. The summed E-state index contributed by atoms with van der Waals surface area (Å²) < 4.78 is 5.46. The zero-order valence-corrected chi connectivity index (χ0v) is 12.5. The largest absolute Gasteiger partial charge is 0.432 e. The third-order valence-electron chi connectivity index (χ3n) is 2.50. The molecular weight excluding hydrogens is 317 g/mol. The minimum absolute atomic E-state index is 0.136. The Bertz CT molecular complexity index is 680.